The second-order valence-corrected chi connectivity index (χ2v) is 5.90. The number of nitrogens with zero attached hydrogens (tertiary/aromatic N) is 3. The van der Waals surface area contributed by atoms with Crippen LogP contribution in [0, 0.1) is 17.0 Å². The van der Waals surface area contributed by atoms with E-state index >= 15 is 0 Å². The molecule has 2 heterocycles. The first-order valence-corrected chi connectivity index (χ1v) is 8.04. The Morgan fingerprint density at radius 3 is 2.96 bits per heavy atom. The number of aryl methyl sites for hydroxylation is 1. The normalized spacial score (nSPS) is 16.6. The molecule has 1 aromatic heterocycles. The smallest absolute Gasteiger partial charge is 0.353 e. The largest absolute Gasteiger partial charge is 0.378 e. The molecule has 0 aliphatic carbocycles. The molecule has 132 valence electrons. The van der Waals surface area contributed by atoms with Gasteiger partial charge in [0.05, 0.1) is 11.0 Å². The number of hydrogen-bond acceptors (Lipinski definition) is 8. The van der Waals surface area contributed by atoms with Crippen molar-refractivity contribution in [1.29, 1.82) is 0 Å². The van der Waals surface area contributed by atoms with Crippen LogP contribution in [0.25, 0.3) is 0 Å². The summed E-state index contributed by atoms with van der Waals surface area (Å²) in [6.45, 7) is 3.10. The highest BCUT2D eigenvalue weighted by molar-refractivity contribution is 5.71. The number of anilines is 4. The number of aromatic nitrogens is 2. The van der Waals surface area contributed by atoms with Crippen molar-refractivity contribution in [3.05, 3.63) is 39.9 Å². The first kappa shape index (κ1) is 16.9. The van der Waals surface area contributed by atoms with Crippen molar-refractivity contribution in [1.82, 2.24) is 9.97 Å². The number of benzene rings is 1. The minimum Gasteiger partial charge on any atom is -0.378 e. The Balaban J connectivity index is 1.85. The quantitative estimate of drug-likeness (QED) is 0.539. The van der Waals surface area contributed by atoms with E-state index in [1.165, 1.54) is 0 Å². The van der Waals surface area contributed by atoms with Crippen LogP contribution in [0.4, 0.5) is 29.0 Å². The van der Waals surface area contributed by atoms with Crippen molar-refractivity contribution in [3.8, 4) is 0 Å². The van der Waals surface area contributed by atoms with E-state index in [1.807, 2.05) is 31.2 Å². The molecular weight excluding hydrogens is 324 g/mol. The molecule has 1 aliphatic rings. The van der Waals surface area contributed by atoms with Crippen LogP contribution in [-0.4, -0.2) is 34.1 Å². The molecule has 1 fully saturated rings. The van der Waals surface area contributed by atoms with Gasteiger partial charge in [-0.2, -0.15) is 9.97 Å². The van der Waals surface area contributed by atoms with Crippen molar-refractivity contribution in [2.45, 2.75) is 25.9 Å². The van der Waals surface area contributed by atoms with Crippen LogP contribution in [0.5, 0.6) is 0 Å². The lowest BCUT2D eigenvalue weighted by molar-refractivity contribution is -0.383. The average molecular weight is 344 g/mol. The Kier molecular flexibility index (Phi) is 4.94. The van der Waals surface area contributed by atoms with Crippen LogP contribution in [0.1, 0.15) is 18.4 Å². The maximum Gasteiger partial charge on any atom is 0.353 e. The average Bonchev–Trinajstić information content (AvgIpc) is 3.05. The Morgan fingerprint density at radius 2 is 2.28 bits per heavy atom. The van der Waals surface area contributed by atoms with Gasteiger partial charge >= 0.3 is 5.69 Å². The third-order valence-corrected chi connectivity index (χ3v) is 3.89. The summed E-state index contributed by atoms with van der Waals surface area (Å²) in [5.41, 5.74) is 7.30. The van der Waals surface area contributed by atoms with Gasteiger partial charge in [0.25, 0.3) is 0 Å². The van der Waals surface area contributed by atoms with Gasteiger partial charge in [-0.3, -0.25) is 10.1 Å². The molecule has 4 N–H and O–H groups in total. The van der Waals surface area contributed by atoms with Gasteiger partial charge in [0, 0.05) is 18.8 Å². The number of nitrogens with two attached hydrogens (primary N) is 1. The van der Waals surface area contributed by atoms with Crippen molar-refractivity contribution in [2.24, 2.45) is 0 Å². The van der Waals surface area contributed by atoms with Crippen molar-refractivity contribution in [3.63, 3.8) is 0 Å². The summed E-state index contributed by atoms with van der Waals surface area (Å²) in [7, 11) is 0. The van der Waals surface area contributed by atoms with Gasteiger partial charge in [-0.05, 0) is 37.5 Å². The number of nitrogen functional groups attached to an aromatic ring is 1. The van der Waals surface area contributed by atoms with Gasteiger partial charge in [-0.1, -0.05) is 12.1 Å². The second-order valence-electron chi connectivity index (χ2n) is 5.90. The highest BCUT2D eigenvalue weighted by Gasteiger charge is 2.24. The summed E-state index contributed by atoms with van der Waals surface area (Å²) >= 11 is 0. The maximum atomic E-state index is 11.3. The monoisotopic (exact) mass is 344 g/mol. The summed E-state index contributed by atoms with van der Waals surface area (Å²) in [4.78, 5) is 19.0. The lowest BCUT2D eigenvalue weighted by Crippen LogP contribution is -2.20. The van der Waals surface area contributed by atoms with E-state index in [2.05, 4.69) is 20.6 Å². The third-order valence-electron chi connectivity index (χ3n) is 3.89. The van der Waals surface area contributed by atoms with Crippen molar-refractivity contribution >= 4 is 29.0 Å². The molecule has 0 radical (unpaired) electrons. The fourth-order valence-electron chi connectivity index (χ4n) is 2.70. The number of ether oxygens (including phenoxy) is 1. The van der Waals surface area contributed by atoms with Crippen LogP contribution in [0.2, 0.25) is 0 Å². The van der Waals surface area contributed by atoms with Gasteiger partial charge in [0.15, 0.2) is 0 Å². The van der Waals surface area contributed by atoms with Gasteiger partial charge in [-0.25, -0.2) is 0 Å². The van der Waals surface area contributed by atoms with Gasteiger partial charge in [0.2, 0.25) is 17.6 Å². The predicted molar refractivity (Wildman–Crippen MR) is 95.0 cm³/mol. The van der Waals surface area contributed by atoms with E-state index in [0.717, 1.165) is 24.1 Å². The van der Waals surface area contributed by atoms with Crippen molar-refractivity contribution < 1.29 is 9.66 Å². The van der Waals surface area contributed by atoms with E-state index in [-0.39, 0.29) is 29.4 Å². The zero-order valence-corrected chi connectivity index (χ0v) is 13.9. The summed E-state index contributed by atoms with van der Waals surface area (Å²) < 4.78 is 5.52. The standard InChI is InChI=1S/C16H20N6O3/c1-10-4-2-5-11(8-10)19-16-20-14(17)13(22(23)24)15(21-16)18-9-12-6-3-7-25-12/h2,4-5,8,12H,3,6-7,9H2,1H3,(H4,17,18,19,20,21)/t12-/m1/s1. The highest BCUT2D eigenvalue weighted by atomic mass is 16.6. The number of nitro groups is 1. The Hall–Kier alpha value is -2.94. The Bertz CT molecular complexity index is 776. The number of rotatable bonds is 6. The van der Waals surface area contributed by atoms with E-state index in [0.29, 0.717) is 13.2 Å². The SMILES string of the molecule is Cc1cccc(Nc2nc(N)c([N+](=O)[O-])c(NC[C@H]3CCCO3)n2)c1. The molecule has 9 heteroatoms. The summed E-state index contributed by atoms with van der Waals surface area (Å²) in [5.74, 6) is 0.0942. The number of hydrogen-bond donors (Lipinski definition) is 3. The molecule has 1 aromatic carbocycles. The van der Waals surface area contributed by atoms with E-state index in [1.54, 1.807) is 0 Å². The first-order valence-electron chi connectivity index (χ1n) is 8.04. The Labute approximate surface area is 144 Å². The van der Waals surface area contributed by atoms with Gasteiger partial charge in [-0.15, -0.1) is 0 Å². The molecule has 3 rings (SSSR count). The van der Waals surface area contributed by atoms with E-state index in [4.69, 9.17) is 10.5 Å². The topological polar surface area (TPSA) is 128 Å². The molecule has 1 atom stereocenters. The molecule has 0 bridgehead atoms. The minimum atomic E-state index is -0.580. The zero-order chi connectivity index (χ0) is 17.8. The second kappa shape index (κ2) is 7.31. The minimum absolute atomic E-state index is 0.0176. The van der Waals surface area contributed by atoms with Crippen LogP contribution >= 0.6 is 0 Å². The van der Waals surface area contributed by atoms with Gasteiger partial charge < -0.3 is 21.1 Å². The summed E-state index contributed by atoms with van der Waals surface area (Å²) in [6, 6.07) is 7.63. The molecule has 0 spiro atoms. The van der Waals surface area contributed by atoms with Crippen LogP contribution < -0.4 is 16.4 Å². The third kappa shape index (κ3) is 4.13. The molecular formula is C16H20N6O3. The lowest BCUT2D eigenvalue weighted by Gasteiger charge is -2.13. The van der Waals surface area contributed by atoms with Crippen LogP contribution in [0.15, 0.2) is 24.3 Å². The first-order chi connectivity index (χ1) is 12.0. The number of nitrogens with one attached hydrogen (secondary N) is 2. The molecule has 9 nitrogen and oxygen atoms in total. The highest BCUT2D eigenvalue weighted by Crippen LogP contribution is 2.30. The molecule has 1 aliphatic heterocycles. The Morgan fingerprint density at radius 1 is 1.44 bits per heavy atom. The molecule has 0 amide bonds. The van der Waals surface area contributed by atoms with Crippen LogP contribution in [-0.2, 0) is 4.74 Å². The summed E-state index contributed by atoms with van der Waals surface area (Å²) in [5, 5.41) is 17.3. The van der Waals surface area contributed by atoms with Gasteiger partial charge in [0.1, 0.15) is 0 Å². The maximum absolute atomic E-state index is 11.3. The summed E-state index contributed by atoms with van der Waals surface area (Å²) in [6.07, 6.45) is 1.92. The molecule has 0 saturated carbocycles. The fourth-order valence-corrected chi connectivity index (χ4v) is 2.70. The fraction of sp³-hybridized carbons (Fsp3) is 0.375. The van der Waals surface area contributed by atoms with E-state index < -0.39 is 4.92 Å². The van der Waals surface area contributed by atoms with Crippen LogP contribution in [0.3, 0.4) is 0 Å². The zero-order valence-electron chi connectivity index (χ0n) is 13.9. The molecule has 1 saturated heterocycles. The molecule has 2 aromatic rings. The lowest BCUT2D eigenvalue weighted by atomic mass is 10.2. The molecule has 25 heavy (non-hydrogen) atoms. The van der Waals surface area contributed by atoms with Crippen molar-refractivity contribution in [2.75, 3.05) is 29.5 Å². The molecule has 0 unspecified atom stereocenters. The predicted octanol–water partition coefficient (Wildman–Crippen LogP) is 2.61. The van der Waals surface area contributed by atoms with E-state index in [9.17, 15) is 10.1 Å².